The van der Waals surface area contributed by atoms with Crippen LogP contribution in [-0.2, 0) is 10.0 Å². The van der Waals surface area contributed by atoms with Crippen LogP contribution >= 0.6 is 0 Å². The molecule has 1 N–H and O–H groups in total. The summed E-state index contributed by atoms with van der Waals surface area (Å²) in [5.41, 5.74) is 3.98. The maximum absolute atomic E-state index is 13.5. The van der Waals surface area contributed by atoms with Gasteiger partial charge < -0.3 is 4.74 Å². The van der Waals surface area contributed by atoms with Crippen molar-refractivity contribution in [2.45, 2.75) is 18.7 Å². The van der Waals surface area contributed by atoms with Gasteiger partial charge in [0.15, 0.2) is 0 Å². The SMILES string of the molecule is CS(=O)(=O)Nc1cccc(C2=NN3[C@@H](C2)c2ccccc2O[C@H]3c2ccc(F)cc2)c1. The molecule has 8 heteroatoms. The van der Waals surface area contributed by atoms with Gasteiger partial charge in [0.25, 0.3) is 0 Å². The number of hydrogen-bond acceptors (Lipinski definition) is 5. The second-order valence-electron chi connectivity index (χ2n) is 7.66. The highest BCUT2D eigenvalue weighted by molar-refractivity contribution is 7.92. The molecule has 0 saturated heterocycles. The Labute approximate surface area is 180 Å². The van der Waals surface area contributed by atoms with Gasteiger partial charge in [-0.15, -0.1) is 0 Å². The zero-order valence-corrected chi connectivity index (χ0v) is 17.5. The second kappa shape index (κ2) is 7.39. The molecule has 2 aliphatic rings. The molecule has 3 aromatic carbocycles. The minimum absolute atomic E-state index is 0.0403. The molecule has 2 atom stereocenters. The molecule has 0 aromatic heterocycles. The first-order valence-electron chi connectivity index (χ1n) is 9.82. The Morgan fingerprint density at radius 2 is 1.84 bits per heavy atom. The smallest absolute Gasteiger partial charge is 0.229 e. The second-order valence-corrected chi connectivity index (χ2v) is 9.41. The highest BCUT2D eigenvalue weighted by atomic mass is 32.2. The number of ether oxygens (including phenoxy) is 1. The molecule has 3 aromatic rings. The van der Waals surface area contributed by atoms with Crippen molar-refractivity contribution in [3.05, 3.63) is 95.3 Å². The number of halogens is 1. The quantitative estimate of drug-likeness (QED) is 0.655. The lowest BCUT2D eigenvalue weighted by Gasteiger charge is -2.38. The largest absolute Gasteiger partial charge is 0.464 e. The van der Waals surface area contributed by atoms with E-state index in [9.17, 15) is 12.8 Å². The molecule has 5 rings (SSSR count). The van der Waals surface area contributed by atoms with E-state index in [1.54, 1.807) is 30.3 Å². The first-order valence-corrected chi connectivity index (χ1v) is 11.7. The highest BCUT2D eigenvalue weighted by Crippen LogP contribution is 2.47. The van der Waals surface area contributed by atoms with E-state index < -0.39 is 16.3 Å². The third-order valence-electron chi connectivity index (χ3n) is 5.35. The average molecular weight is 437 g/mol. The molecule has 0 unspecified atom stereocenters. The van der Waals surface area contributed by atoms with Gasteiger partial charge in [0.1, 0.15) is 11.6 Å². The molecule has 0 spiro atoms. The van der Waals surface area contributed by atoms with Crippen molar-refractivity contribution in [1.82, 2.24) is 5.01 Å². The summed E-state index contributed by atoms with van der Waals surface area (Å²) in [6, 6.07) is 21.2. The Bertz CT molecular complexity index is 1280. The van der Waals surface area contributed by atoms with Gasteiger partial charge in [0.2, 0.25) is 16.3 Å². The molecule has 6 nitrogen and oxygen atoms in total. The third kappa shape index (κ3) is 3.86. The molecule has 0 bridgehead atoms. The van der Waals surface area contributed by atoms with Crippen LogP contribution in [0.15, 0.2) is 77.9 Å². The van der Waals surface area contributed by atoms with Crippen LogP contribution in [0.1, 0.15) is 35.4 Å². The van der Waals surface area contributed by atoms with Gasteiger partial charge in [-0.3, -0.25) is 4.72 Å². The van der Waals surface area contributed by atoms with Gasteiger partial charge in [0.05, 0.1) is 18.0 Å². The third-order valence-corrected chi connectivity index (χ3v) is 5.96. The normalized spacial score (nSPS) is 19.8. The van der Waals surface area contributed by atoms with Crippen LogP contribution < -0.4 is 9.46 Å². The monoisotopic (exact) mass is 437 g/mol. The Balaban J connectivity index is 1.54. The molecular weight excluding hydrogens is 417 g/mol. The fraction of sp³-hybridized carbons (Fsp3) is 0.174. The lowest BCUT2D eigenvalue weighted by Crippen LogP contribution is -2.33. The van der Waals surface area contributed by atoms with Crippen LogP contribution in [0.25, 0.3) is 0 Å². The fourth-order valence-electron chi connectivity index (χ4n) is 4.03. The summed E-state index contributed by atoms with van der Waals surface area (Å²) in [4.78, 5) is 0. The van der Waals surface area contributed by atoms with Crippen LogP contribution in [0, 0.1) is 5.82 Å². The van der Waals surface area contributed by atoms with Gasteiger partial charge in [-0.1, -0.05) is 42.5 Å². The number of sulfonamides is 1. The summed E-state index contributed by atoms with van der Waals surface area (Å²) in [6.07, 6.45) is 1.27. The van der Waals surface area contributed by atoms with E-state index in [1.807, 2.05) is 35.3 Å². The predicted molar refractivity (Wildman–Crippen MR) is 117 cm³/mol. The Kier molecular flexibility index (Phi) is 4.66. The molecule has 0 aliphatic carbocycles. The van der Waals surface area contributed by atoms with Crippen molar-refractivity contribution in [2.24, 2.45) is 5.10 Å². The van der Waals surface area contributed by atoms with Crippen molar-refractivity contribution in [3.63, 3.8) is 0 Å². The maximum atomic E-state index is 13.5. The van der Waals surface area contributed by atoms with Gasteiger partial charge in [-0.2, -0.15) is 5.10 Å². The van der Waals surface area contributed by atoms with E-state index in [0.29, 0.717) is 12.1 Å². The van der Waals surface area contributed by atoms with E-state index in [1.165, 1.54) is 12.1 Å². The number of anilines is 1. The number of fused-ring (bicyclic) bond motifs is 3. The van der Waals surface area contributed by atoms with E-state index >= 15 is 0 Å². The minimum Gasteiger partial charge on any atom is -0.464 e. The number of para-hydroxylation sites is 1. The van der Waals surface area contributed by atoms with Crippen molar-refractivity contribution >= 4 is 21.4 Å². The Morgan fingerprint density at radius 3 is 2.61 bits per heavy atom. The van der Waals surface area contributed by atoms with Gasteiger partial charge in [-0.25, -0.2) is 17.8 Å². The van der Waals surface area contributed by atoms with E-state index in [0.717, 1.165) is 34.4 Å². The van der Waals surface area contributed by atoms with Gasteiger partial charge >= 0.3 is 0 Å². The molecule has 158 valence electrons. The van der Waals surface area contributed by atoms with Gasteiger partial charge in [0, 0.05) is 23.2 Å². The summed E-state index contributed by atoms with van der Waals surface area (Å²) in [7, 11) is -3.38. The van der Waals surface area contributed by atoms with E-state index in [-0.39, 0.29) is 11.9 Å². The van der Waals surface area contributed by atoms with Crippen LogP contribution in [0.2, 0.25) is 0 Å². The average Bonchev–Trinajstić information content (AvgIpc) is 3.19. The molecule has 0 saturated carbocycles. The topological polar surface area (TPSA) is 71.0 Å². The molecule has 0 amide bonds. The summed E-state index contributed by atoms with van der Waals surface area (Å²) >= 11 is 0. The Hall–Kier alpha value is -3.39. The first kappa shape index (κ1) is 19.6. The van der Waals surface area contributed by atoms with Crippen molar-refractivity contribution < 1.29 is 17.5 Å². The number of nitrogens with one attached hydrogen (secondary N) is 1. The van der Waals surface area contributed by atoms with Crippen LogP contribution in [0.4, 0.5) is 10.1 Å². The minimum atomic E-state index is -3.38. The number of rotatable bonds is 4. The Morgan fingerprint density at radius 1 is 1.06 bits per heavy atom. The highest BCUT2D eigenvalue weighted by Gasteiger charge is 2.40. The van der Waals surface area contributed by atoms with Crippen LogP contribution in [0.3, 0.4) is 0 Å². The number of benzene rings is 3. The summed E-state index contributed by atoms with van der Waals surface area (Å²) in [6.45, 7) is 0. The standard InChI is InChI=1S/C23H20FN3O3S/c1-31(28,29)26-18-6-4-5-16(13-18)20-14-21-19-7-2-3-8-22(19)30-23(27(21)25-20)15-9-11-17(24)12-10-15/h2-13,21,23,26H,14H2,1H3/t21-,23-/m0/s1. The van der Waals surface area contributed by atoms with Crippen molar-refractivity contribution in [1.29, 1.82) is 0 Å². The molecule has 2 aliphatic heterocycles. The zero-order valence-electron chi connectivity index (χ0n) is 16.7. The summed E-state index contributed by atoms with van der Waals surface area (Å²) < 4.78 is 45.4. The fourth-order valence-corrected chi connectivity index (χ4v) is 4.59. The summed E-state index contributed by atoms with van der Waals surface area (Å²) in [5.74, 6) is 0.472. The number of hydrogen-bond donors (Lipinski definition) is 1. The molecule has 2 heterocycles. The molecule has 0 fully saturated rings. The predicted octanol–water partition coefficient (Wildman–Crippen LogP) is 4.44. The van der Waals surface area contributed by atoms with Gasteiger partial charge in [-0.05, 0) is 35.9 Å². The number of nitrogens with zero attached hydrogens (tertiary/aromatic N) is 2. The number of hydrazone groups is 1. The van der Waals surface area contributed by atoms with Crippen LogP contribution in [-0.4, -0.2) is 25.4 Å². The first-order chi connectivity index (χ1) is 14.9. The van der Waals surface area contributed by atoms with Crippen molar-refractivity contribution in [3.8, 4) is 5.75 Å². The maximum Gasteiger partial charge on any atom is 0.229 e. The zero-order chi connectivity index (χ0) is 21.6. The summed E-state index contributed by atoms with van der Waals surface area (Å²) in [5, 5.41) is 6.76. The van der Waals surface area contributed by atoms with E-state index in [4.69, 9.17) is 9.84 Å². The van der Waals surface area contributed by atoms with Crippen LogP contribution in [0.5, 0.6) is 5.75 Å². The molecule has 0 radical (unpaired) electrons. The molecular formula is C23H20FN3O3S. The lowest BCUT2D eigenvalue weighted by molar-refractivity contribution is -0.0190. The van der Waals surface area contributed by atoms with E-state index in [2.05, 4.69) is 4.72 Å². The lowest BCUT2D eigenvalue weighted by atomic mass is 9.96. The molecule has 31 heavy (non-hydrogen) atoms. The van der Waals surface area contributed by atoms with Crippen molar-refractivity contribution in [2.75, 3.05) is 11.0 Å².